The monoisotopic (exact) mass is 230 g/mol. The molecule has 1 aliphatic carbocycles. The molecule has 0 aliphatic heterocycles. The smallest absolute Gasteiger partial charge is 0.339 e. The first-order chi connectivity index (χ1) is 8.28. The van der Waals surface area contributed by atoms with E-state index in [1.807, 2.05) is 16.7 Å². The van der Waals surface area contributed by atoms with Gasteiger partial charge < -0.3 is 9.14 Å². The van der Waals surface area contributed by atoms with Gasteiger partial charge in [0.15, 0.2) is 0 Å². The minimum absolute atomic E-state index is 0.314. The summed E-state index contributed by atoms with van der Waals surface area (Å²) in [6.45, 7) is 0. The zero-order chi connectivity index (χ0) is 11.8. The second-order valence-electron chi connectivity index (χ2n) is 4.47. The van der Waals surface area contributed by atoms with Crippen LogP contribution in [-0.2, 0) is 4.74 Å². The highest BCUT2D eigenvalue weighted by Crippen LogP contribution is 2.35. The Balaban J connectivity index is 2.00. The number of methoxy groups -OCH3 is 1. The molecule has 1 aliphatic rings. The molecule has 0 atom stereocenters. The largest absolute Gasteiger partial charge is 0.465 e. The van der Waals surface area contributed by atoms with E-state index in [9.17, 15) is 4.79 Å². The molecule has 0 N–H and O–H groups in total. The number of imidazole rings is 1. The number of aromatic nitrogens is 2. The zero-order valence-electron chi connectivity index (χ0n) is 9.72. The van der Waals surface area contributed by atoms with Gasteiger partial charge in [0.2, 0.25) is 0 Å². The second-order valence-corrected chi connectivity index (χ2v) is 4.47. The fourth-order valence-corrected chi connectivity index (χ4v) is 2.15. The minimum atomic E-state index is -0.314. The van der Waals surface area contributed by atoms with Crippen LogP contribution < -0.4 is 0 Å². The van der Waals surface area contributed by atoms with Crippen molar-refractivity contribution < 1.29 is 9.53 Å². The summed E-state index contributed by atoms with van der Waals surface area (Å²) in [5, 5.41) is 0. The van der Waals surface area contributed by atoms with Crippen LogP contribution in [0.15, 0.2) is 24.5 Å². The molecule has 0 unspecified atom stereocenters. The van der Waals surface area contributed by atoms with Crippen LogP contribution in [0.3, 0.4) is 0 Å². The van der Waals surface area contributed by atoms with Gasteiger partial charge in [0.05, 0.1) is 18.4 Å². The molecule has 17 heavy (non-hydrogen) atoms. The Bertz CT molecular complexity index is 570. The molecule has 1 fully saturated rings. The van der Waals surface area contributed by atoms with Gasteiger partial charge >= 0.3 is 5.97 Å². The number of hydrogen-bond donors (Lipinski definition) is 0. The van der Waals surface area contributed by atoms with Crippen molar-refractivity contribution in [2.75, 3.05) is 7.11 Å². The first-order valence-electron chi connectivity index (χ1n) is 5.85. The van der Waals surface area contributed by atoms with E-state index in [1.165, 1.54) is 26.4 Å². The van der Waals surface area contributed by atoms with Crippen LogP contribution in [0, 0.1) is 0 Å². The molecule has 88 valence electrons. The maximum atomic E-state index is 11.4. The molecule has 1 saturated carbocycles. The predicted molar refractivity (Wildman–Crippen MR) is 63.1 cm³/mol. The van der Waals surface area contributed by atoms with Gasteiger partial charge in [-0.2, -0.15) is 0 Å². The van der Waals surface area contributed by atoms with E-state index in [4.69, 9.17) is 4.74 Å². The second kappa shape index (κ2) is 3.87. The molecular weight excluding hydrogens is 216 g/mol. The maximum absolute atomic E-state index is 11.4. The highest BCUT2D eigenvalue weighted by molar-refractivity contribution is 5.89. The standard InChI is InChI=1S/C13H14N2O2/c1-17-13(16)10-5-6-12-14-11(8-15(12)7-10)9-3-2-4-9/h5-9H,2-4H2,1H3. The van der Waals surface area contributed by atoms with E-state index in [2.05, 4.69) is 4.98 Å². The Morgan fingerprint density at radius 1 is 1.41 bits per heavy atom. The lowest BCUT2D eigenvalue weighted by Crippen LogP contribution is -2.08. The van der Waals surface area contributed by atoms with Crippen molar-refractivity contribution in [3.63, 3.8) is 0 Å². The van der Waals surface area contributed by atoms with Crippen molar-refractivity contribution in [2.45, 2.75) is 25.2 Å². The van der Waals surface area contributed by atoms with Crippen molar-refractivity contribution in [1.29, 1.82) is 0 Å². The van der Waals surface area contributed by atoms with E-state index in [-0.39, 0.29) is 5.97 Å². The van der Waals surface area contributed by atoms with Crippen LogP contribution in [0.1, 0.15) is 41.2 Å². The summed E-state index contributed by atoms with van der Waals surface area (Å²) in [5.41, 5.74) is 2.58. The average molecular weight is 230 g/mol. The van der Waals surface area contributed by atoms with E-state index >= 15 is 0 Å². The van der Waals surface area contributed by atoms with Crippen molar-refractivity contribution >= 4 is 11.6 Å². The summed E-state index contributed by atoms with van der Waals surface area (Å²) in [7, 11) is 1.39. The minimum Gasteiger partial charge on any atom is -0.465 e. The number of rotatable bonds is 2. The number of carbonyl (C=O) groups excluding carboxylic acids is 1. The molecule has 3 rings (SSSR count). The van der Waals surface area contributed by atoms with Gasteiger partial charge in [-0.25, -0.2) is 9.78 Å². The van der Waals surface area contributed by atoms with E-state index in [1.54, 1.807) is 12.3 Å². The lowest BCUT2D eigenvalue weighted by atomic mass is 9.83. The van der Waals surface area contributed by atoms with Crippen LogP contribution in [0.5, 0.6) is 0 Å². The number of nitrogens with zero attached hydrogens (tertiary/aromatic N) is 2. The number of ether oxygens (including phenoxy) is 1. The van der Waals surface area contributed by atoms with Crippen LogP contribution >= 0.6 is 0 Å². The summed E-state index contributed by atoms with van der Waals surface area (Å²) in [4.78, 5) is 16.0. The molecule has 2 aromatic rings. The van der Waals surface area contributed by atoms with Gasteiger partial charge in [-0.05, 0) is 25.0 Å². The normalized spacial score (nSPS) is 15.8. The molecule has 0 amide bonds. The number of hydrogen-bond acceptors (Lipinski definition) is 3. The Hall–Kier alpha value is -1.84. The molecule has 0 bridgehead atoms. The molecule has 2 aromatic heterocycles. The lowest BCUT2D eigenvalue weighted by molar-refractivity contribution is 0.0600. The molecule has 0 saturated heterocycles. The number of pyridine rings is 1. The fraction of sp³-hybridized carbons (Fsp3) is 0.385. The SMILES string of the molecule is COC(=O)c1ccc2nc(C3CCC3)cn2c1. The van der Waals surface area contributed by atoms with Crippen LogP contribution in [0.25, 0.3) is 5.65 Å². The Morgan fingerprint density at radius 2 is 2.24 bits per heavy atom. The summed E-state index contributed by atoms with van der Waals surface area (Å²) in [6.07, 6.45) is 7.55. The summed E-state index contributed by atoms with van der Waals surface area (Å²) in [6, 6.07) is 3.60. The predicted octanol–water partition coefficient (Wildman–Crippen LogP) is 2.39. The third-order valence-electron chi connectivity index (χ3n) is 3.41. The van der Waals surface area contributed by atoms with Gasteiger partial charge in [0.25, 0.3) is 0 Å². The topological polar surface area (TPSA) is 43.6 Å². The van der Waals surface area contributed by atoms with Crippen LogP contribution in [0.4, 0.5) is 0 Å². The third kappa shape index (κ3) is 1.69. The highest BCUT2D eigenvalue weighted by Gasteiger charge is 2.22. The molecule has 4 nitrogen and oxygen atoms in total. The number of esters is 1. The average Bonchev–Trinajstić information content (AvgIpc) is 2.67. The summed E-state index contributed by atoms with van der Waals surface area (Å²) in [5.74, 6) is 0.294. The third-order valence-corrected chi connectivity index (χ3v) is 3.41. The number of carbonyl (C=O) groups is 1. The van der Waals surface area contributed by atoms with E-state index in [0.29, 0.717) is 11.5 Å². The Labute approximate surface area is 99.2 Å². The Morgan fingerprint density at radius 3 is 2.88 bits per heavy atom. The molecule has 2 heterocycles. The maximum Gasteiger partial charge on any atom is 0.339 e. The molecule has 0 spiro atoms. The molecule has 0 aromatic carbocycles. The fourth-order valence-electron chi connectivity index (χ4n) is 2.15. The molecule has 0 radical (unpaired) electrons. The van der Waals surface area contributed by atoms with Crippen molar-refractivity contribution in [3.05, 3.63) is 35.8 Å². The Kier molecular flexibility index (Phi) is 2.35. The highest BCUT2D eigenvalue weighted by atomic mass is 16.5. The lowest BCUT2D eigenvalue weighted by Gasteiger charge is -2.22. The van der Waals surface area contributed by atoms with Crippen molar-refractivity contribution in [2.24, 2.45) is 0 Å². The first-order valence-corrected chi connectivity index (χ1v) is 5.85. The number of fused-ring (bicyclic) bond motifs is 1. The van der Waals surface area contributed by atoms with Crippen molar-refractivity contribution in [1.82, 2.24) is 9.38 Å². The first kappa shape index (κ1) is 10.3. The summed E-state index contributed by atoms with van der Waals surface area (Å²) < 4.78 is 6.60. The van der Waals surface area contributed by atoms with Crippen LogP contribution in [0.2, 0.25) is 0 Å². The van der Waals surface area contributed by atoms with Gasteiger partial charge in [0, 0.05) is 18.3 Å². The van der Waals surface area contributed by atoms with Gasteiger partial charge in [0.1, 0.15) is 5.65 Å². The van der Waals surface area contributed by atoms with Crippen molar-refractivity contribution in [3.8, 4) is 0 Å². The molecule has 4 heteroatoms. The van der Waals surface area contributed by atoms with Gasteiger partial charge in [-0.3, -0.25) is 0 Å². The molecular formula is C13H14N2O2. The van der Waals surface area contributed by atoms with Gasteiger partial charge in [-0.15, -0.1) is 0 Å². The van der Waals surface area contributed by atoms with E-state index < -0.39 is 0 Å². The zero-order valence-corrected chi connectivity index (χ0v) is 9.72. The van der Waals surface area contributed by atoms with Gasteiger partial charge in [-0.1, -0.05) is 6.42 Å². The summed E-state index contributed by atoms with van der Waals surface area (Å²) >= 11 is 0. The van der Waals surface area contributed by atoms with E-state index in [0.717, 1.165) is 11.3 Å². The van der Waals surface area contributed by atoms with Crippen LogP contribution in [-0.4, -0.2) is 22.5 Å². The quantitative estimate of drug-likeness (QED) is 0.744.